The Bertz CT molecular complexity index is 381. The normalized spacial score (nSPS) is 22.2. The molecule has 1 saturated carbocycles. The van der Waals surface area contributed by atoms with Crippen molar-refractivity contribution in [1.29, 1.82) is 0 Å². The van der Waals surface area contributed by atoms with E-state index < -0.39 is 23.0 Å². The number of ether oxygens (including phenoxy) is 3. The van der Waals surface area contributed by atoms with E-state index in [-0.39, 0.29) is 12.3 Å². The van der Waals surface area contributed by atoms with Gasteiger partial charge in [-0.05, 0) is 26.7 Å². The van der Waals surface area contributed by atoms with Gasteiger partial charge in [-0.2, -0.15) is 0 Å². The maximum atomic E-state index is 12.0. The zero-order valence-corrected chi connectivity index (χ0v) is 12.2. The second-order valence-electron chi connectivity index (χ2n) is 5.46. The standard InChI is InChI=1S/C14H22O5/c1-9-7-14(11(15)17-4,12(16)18-5)8-10(9)13(2,3)19-6/h10H,1,7-8H2,2-6H3/t10-/m1/s1. The van der Waals surface area contributed by atoms with E-state index in [9.17, 15) is 9.59 Å². The molecule has 0 N–H and O–H groups in total. The molecule has 0 aliphatic heterocycles. The molecule has 0 heterocycles. The number of carbonyl (C=O) groups is 2. The van der Waals surface area contributed by atoms with Crippen molar-refractivity contribution < 1.29 is 23.8 Å². The van der Waals surface area contributed by atoms with Crippen LogP contribution >= 0.6 is 0 Å². The van der Waals surface area contributed by atoms with Gasteiger partial charge in [0.2, 0.25) is 0 Å². The fourth-order valence-electron chi connectivity index (χ4n) is 2.74. The molecular weight excluding hydrogens is 248 g/mol. The van der Waals surface area contributed by atoms with Gasteiger partial charge in [0.15, 0.2) is 5.41 Å². The first kappa shape index (κ1) is 15.7. The van der Waals surface area contributed by atoms with Gasteiger partial charge >= 0.3 is 11.9 Å². The van der Waals surface area contributed by atoms with Gasteiger partial charge in [0.1, 0.15) is 0 Å². The average molecular weight is 270 g/mol. The Hall–Kier alpha value is -1.36. The Balaban J connectivity index is 3.16. The van der Waals surface area contributed by atoms with Gasteiger partial charge in [0, 0.05) is 13.0 Å². The Labute approximate surface area is 113 Å². The predicted octanol–water partition coefficient (Wildman–Crippen LogP) is 1.71. The highest BCUT2D eigenvalue weighted by molar-refractivity contribution is 6.01. The maximum Gasteiger partial charge on any atom is 0.323 e. The molecule has 5 nitrogen and oxygen atoms in total. The van der Waals surface area contributed by atoms with E-state index in [0.29, 0.717) is 6.42 Å². The molecule has 1 atom stereocenters. The van der Waals surface area contributed by atoms with Crippen LogP contribution in [0.2, 0.25) is 0 Å². The van der Waals surface area contributed by atoms with Crippen LogP contribution in [-0.2, 0) is 23.8 Å². The van der Waals surface area contributed by atoms with Gasteiger partial charge in [-0.3, -0.25) is 9.59 Å². The third kappa shape index (κ3) is 2.52. The minimum Gasteiger partial charge on any atom is -0.468 e. The summed E-state index contributed by atoms with van der Waals surface area (Å²) in [5, 5.41) is 0. The molecule has 0 radical (unpaired) electrons. The summed E-state index contributed by atoms with van der Waals surface area (Å²) >= 11 is 0. The molecule has 0 aromatic heterocycles. The quantitative estimate of drug-likeness (QED) is 0.442. The Morgan fingerprint density at radius 3 is 2.05 bits per heavy atom. The monoisotopic (exact) mass is 270 g/mol. The van der Waals surface area contributed by atoms with Gasteiger partial charge in [-0.25, -0.2) is 0 Å². The van der Waals surface area contributed by atoms with Crippen LogP contribution < -0.4 is 0 Å². The van der Waals surface area contributed by atoms with E-state index in [2.05, 4.69) is 6.58 Å². The topological polar surface area (TPSA) is 61.8 Å². The smallest absolute Gasteiger partial charge is 0.323 e. The highest BCUT2D eigenvalue weighted by Crippen LogP contribution is 2.50. The van der Waals surface area contributed by atoms with Gasteiger partial charge in [-0.1, -0.05) is 12.2 Å². The summed E-state index contributed by atoms with van der Waals surface area (Å²) in [6.07, 6.45) is 0.538. The van der Waals surface area contributed by atoms with Crippen LogP contribution in [-0.4, -0.2) is 38.9 Å². The fourth-order valence-corrected chi connectivity index (χ4v) is 2.74. The number of carbonyl (C=O) groups excluding carboxylic acids is 2. The van der Waals surface area contributed by atoms with Crippen LogP contribution in [0.3, 0.4) is 0 Å². The Morgan fingerprint density at radius 1 is 1.21 bits per heavy atom. The molecule has 0 bridgehead atoms. The minimum atomic E-state index is -1.29. The molecular formula is C14H22O5. The average Bonchev–Trinajstić information content (AvgIpc) is 2.76. The summed E-state index contributed by atoms with van der Waals surface area (Å²) < 4.78 is 15.0. The summed E-state index contributed by atoms with van der Waals surface area (Å²) in [6.45, 7) is 7.80. The maximum absolute atomic E-state index is 12.0. The van der Waals surface area contributed by atoms with E-state index in [0.717, 1.165) is 5.57 Å². The third-order valence-corrected chi connectivity index (χ3v) is 4.09. The van der Waals surface area contributed by atoms with E-state index in [1.165, 1.54) is 14.2 Å². The van der Waals surface area contributed by atoms with Gasteiger partial charge in [0.05, 0.1) is 19.8 Å². The second kappa shape index (κ2) is 5.33. The molecule has 1 aliphatic rings. The lowest BCUT2D eigenvalue weighted by Crippen LogP contribution is -2.41. The number of esters is 2. The van der Waals surface area contributed by atoms with Crippen molar-refractivity contribution in [1.82, 2.24) is 0 Å². The van der Waals surface area contributed by atoms with Crippen molar-refractivity contribution in [3.8, 4) is 0 Å². The van der Waals surface area contributed by atoms with E-state index in [1.807, 2.05) is 13.8 Å². The first-order valence-corrected chi connectivity index (χ1v) is 6.15. The molecule has 0 spiro atoms. The summed E-state index contributed by atoms with van der Waals surface area (Å²) in [4.78, 5) is 24.1. The molecule has 0 amide bonds. The Kier molecular flexibility index (Phi) is 4.40. The van der Waals surface area contributed by atoms with Crippen LogP contribution in [0.1, 0.15) is 26.7 Å². The fraction of sp³-hybridized carbons (Fsp3) is 0.714. The van der Waals surface area contributed by atoms with E-state index in [1.54, 1.807) is 7.11 Å². The molecule has 0 unspecified atom stereocenters. The molecule has 0 aromatic rings. The van der Waals surface area contributed by atoms with Gasteiger partial charge in [0.25, 0.3) is 0 Å². The lowest BCUT2D eigenvalue weighted by atomic mass is 9.81. The third-order valence-electron chi connectivity index (χ3n) is 4.09. The van der Waals surface area contributed by atoms with Crippen molar-refractivity contribution in [3.63, 3.8) is 0 Å². The molecule has 0 saturated heterocycles. The Morgan fingerprint density at radius 2 is 1.68 bits per heavy atom. The first-order valence-electron chi connectivity index (χ1n) is 6.15. The summed E-state index contributed by atoms with van der Waals surface area (Å²) in [6, 6.07) is 0. The van der Waals surface area contributed by atoms with Crippen molar-refractivity contribution in [2.75, 3.05) is 21.3 Å². The number of methoxy groups -OCH3 is 3. The lowest BCUT2D eigenvalue weighted by Gasteiger charge is -2.31. The largest absolute Gasteiger partial charge is 0.468 e. The van der Waals surface area contributed by atoms with Crippen LogP contribution in [0.5, 0.6) is 0 Å². The molecule has 1 aliphatic carbocycles. The van der Waals surface area contributed by atoms with Gasteiger partial charge < -0.3 is 14.2 Å². The van der Waals surface area contributed by atoms with Crippen molar-refractivity contribution in [2.24, 2.45) is 11.3 Å². The number of hydrogen-bond donors (Lipinski definition) is 0. The van der Waals surface area contributed by atoms with E-state index >= 15 is 0 Å². The molecule has 19 heavy (non-hydrogen) atoms. The molecule has 1 rings (SSSR count). The molecule has 0 aromatic carbocycles. The molecule has 1 fully saturated rings. The zero-order chi connectivity index (χ0) is 14.8. The number of rotatable bonds is 4. The van der Waals surface area contributed by atoms with Gasteiger partial charge in [-0.15, -0.1) is 0 Å². The van der Waals surface area contributed by atoms with Crippen molar-refractivity contribution in [3.05, 3.63) is 12.2 Å². The van der Waals surface area contributed by atoms with Crippen LogP contribution in [0, 0.1) is 11.3 Å². The summed E-state index contributed by atoms with van der Waals surface area (Å²) in [5.41, 5.74) is -0.982. The summed E-state index contributed by atoms with van der Waals surface area (Å²) in [7, 11) is 4.14. The highest BCUT2D eigenvalue weighted by Gasteiger charge is 2.57. The van der Waals surface area contributed by atoms with Crippen LogP contribution in [0.4, 0.5) is 0 Å². The highest BCUT2D eigenvalue weighted by atomic mass is 16.5. The minimum absolute atomic E-state index is 0.101. The van der Waals surface area contributed by atoms with Crippen molar-refractivity contribution >= 4 is 11.9 Å². The predicted molar refractivity (Wildman–Crippen MR) is 69.4 cm³/mol. The molecule has 5 heteroatoms. The SMILES string of the molecule is C=C1CC(C(=O)OC)(C(=O)OC)C[C@H]1C(C)(C)OC. The van der Waals surface area contributed by atoms with Crippen LogP contribution in [0.15, 0.2) is 12.2 Å². The second-order valence-corrected chi connectivity index (χ2v) is 5.46. The van der Waals surface area contributed by atoms with E-state index in [4.69, 9.17) is 14.2 Å². The summed E-state index contributed by atoms with van der Waals surface area (Å²) in [5.74, 6) is -1.25. The van der Waals surface area contributed by atoms with Crippen LogP contribution in [0.25, 0.3) is 0 Å². The lowest BCUT2D eigenvalue weighted by molar-refractivity contribution is -0.169. The molecule has 108 valence electrons. The van der Waals surface area contributed by atoms with Crippen molar-refractivity contribution in [2.45, 2.75) is 32.3 Å². The number of hydrogen-bond acceptors (Lipinski definition) is 5. The first-order chi connectivity index (χ1) is 8.75. The zero-order valence-electron chi connectivity index (χ0n) is 12.2.